The number of rotatable bonds is 3. The van der Waals surface area contributed by atoms with Gasteiger partial charge in [-0.2, -0.15) is 0 Å². The van der Waals surface area contributed by atoms with Gasteiger partial charge in [-0.05, 0) is 31.4 Å². The van der Waals surface area contributed by atoms with Crippen molar-refractivity contribution in [2.24, 2.45) is 0 Å². The average Bonchev–Trinajstić information content (AvgIpc) is 3.14. The van der Waals surface area contributed by atoms with Gasteiger partial charge in [0.05, 0.1) is 16.8 Å². The molecule has 1 aliphatic heterocycles. The van der Waals surface area contributed by atoms with E-state index in [0.717, 1.165) is 0 Å². The van der Waals surface area contributed by atoms with Crippen LogP contribution in [0.1, 0.15) is 41.9 Å². The Kier molecular flexibility index (Phi) is 3.28. The Morgan fingerprint density at radius 3 is 2.80 bits per heavy atom. The van der Waals surface area contributed by atoms with Crippen molar-refractivity contribution in [3.05, 3.63) is 23.5 Å². The highest BCUT2D eigenvalue weighted by Crippen LogP contribution is 2.48. The summed E-state index contributed by atoms with van der Waals surface area (Å²) in [5.41, 5.74) is 5.63. The van der Waals surface area contributed by atoms with Crippen LogP contribution in [0.4, 0.5) is 10.1 Å². The van der Waals surface area contributed by atoms with Crippen LogP contribution >= 0.6 is 0 Å². The van der Waals surface area contributed by atoms with Gasteiger partial charge >= 0.3 is 0 Å². The van der Waals surface area contributed by atoms with Gasteiger partial charge in [0, 0.05) is 6.42 Å². The molecule has 1 atom stereocenters. The third-order valence-electron chi connectivity index (χ3n) is 4.58. The quantitative estimate of drug-likeness (QED) is 0.479. The normalized spacial score (nSPS) is 21.9. The number of aromatic nitrogens is 2. The predicted octanol–water partition coefficient (Wildman–Crippen LogP) is 0.639. The lowest BCUT2D eigenvalue weighted by molar-refractivity contribution is -0.134. The van der Waals surface area contributed by atoms with E-state index >= 15 is 0 Å². The molecule has 1 saturated heterocycles. The largest absolute Gasteiger partial charge is 0.397 e. The molecule has 5 N–H and O–H groups in total. The number of anilines is 1. The van der Waals surface area contributed by atoms with Gasteiger partial charge in [-0.3, -0.25) is 19.7 Å². The average molecular weight is 345 g/mol. The van der Waals surface area contributed by atoms with Gasteiger partial charge in [-0.25, -0.2) is 9.37 Å². The van der Waals surface area contributed by atoms with Crippen molar-refractivity contribution in [3.8, 4) is 0 Å². The van der Waals surface area contributed by atoms with Crippen molar-refractivity contribution in [1.29, 1.82) is 0 Å². The van der Waals surface area contributed by atoms with E-state index in [0.29, 0.717) is 24.0 Å². The number of benzene rings is 1. The van der Waals surface area contributed by atoms with Crippen LogP contribution in [0, 0.1) is 0 Å². The van der Waals surface area contributed by atoms with Crippen LogP contribution in [0.25, 0.3) is 11.0 Å². The SMILES string of the molecule is Nc1ccc(C(=O)NC2CCC(=O)NC2=O)c2nc(C3(F)CC3)[nH]c12. The molecule has 3 amide bonds. The number of hydrogen-bond acceptors (Lipinski definition) is 5. The second kappa shape index (κ2) is 5.27. The minimum atomic E-state index is -1.48. The number of hydrogen-bond donors (Lipinski definition) is 4. The number of imide groups is 1. The topological polar surface area (TPSA) is 130 Å². The van der Waals surface area contributed by atoms with Gasteiger partial charge in [0.2, 0.25) is 11.8 Å². The minimum absolute atomic E-state index is 0.157. The van der Waals surface area contributed by atoms with Crippen molar-refractivity contribution in [2.45, 2.75) is 37.4 Å². The van der Waals surface area contributed by atoms with E-state index in [2.05, 4.69) is 20.6 Å². The maximum atomic E-state index is 14.3. The van der Waals surface area contributed by atoms with Crippen LogP contribution in [0.5, 0.6) is 0 Å². The molecule has 9 heteroatoms. The first kappa shape index (κ1) is 15.6. The molecule has 8 nitrogen and oxygen atoms in total. The summed E-state index contributed by atoms with van der Waals surface area (Å²) >= 11 is 0. The lowest BCUT2D eigenvalue weighted by Gasteiger charge is -2.21. The van der Waals surface area contributed by atoms with Crippen molar-refractivity contribution in [1.82, 2.24) is 20.6 Å². The Morgan fingerprint density at radius 1 is 1.36 bits per heavy atom. The number of carbonyl (C=O) groups is 3. The number of piperidine rings is 1. The fourth-order valence-electron chi connectivity index (χ4n) is 2.92. The molecule has 2 aromatic rings. The van der Waals surface area contributed by atoms with Crippen molar-refractivity contribution < 1.29 is 18.8 Å². The van der Waals surface area contributed by atoms with E-state index in [1.807, 2.05) is 0 Å². The molecule has 25 heavy (non-hydrogen) atoms. The molecule has 1 unspecified atom stereocenters. The summed E-state index contributed by atoms with van der Waals surface area (Å²) in [6, 6.07) is 2.22. The van der Waals surface area contributed by atoms with E-state index < -0.39 is 23.5 Å². The van der Waals surface area contributed by atoms with Crippen LogP contribution in [-0.2, 0) is 15.3 Å². The Bertz CT molecular complexity index is 918. The van der Waals surface area contributed by atoms with Gasteiger partial charge < -0.3 is 16.0 Å². The summed E-state index contributed by atoms with van der Waals surface area (Å²) in [6.45, 7) is 0. The Hall–Kier alpha value is -2.97. The molecule has 2 aliphatic rings. The number of fused-ring (bicyclic) bond motifs is 1. The van der Waals surface area contributed by atoms with Crippen LogP contribution in [-0.4, -0.2) is 33.7 Å². The van der Waals surface area contributed by atoms with Crippen LogP contribution in [0.3, 0.4) is 0 Å². The summed E-state index contributed by atoms with van der Waals surface area (Å²) in [5.74, 6) is -1.27. The molecule has 1 aromatic heterocycles. The number of nitrogen functional groups attached to an aromatic ring is 1. The number of amides is 3. The summed E-state index contributed by atoms with van der Waals surface area (Å²) in [6.07, 6.45) is 1.15. The fourth-order valence-corrected chi connectivity index (χ4v) is 2.92. The van der Waals surface area contributed by atoms with Crippen molar-refractivity contribution in [2.75, 3.05) is 5.73 Å². The number of carbonyl (C=O) groups excluding carboxylic acids is 3. The van der Waals surface area contributed by atoms with E-state index in [-0.39, 0.29) is 35.7 Å². The number of imidazole rings is 1. The van der Waals surface area contributed by atoms with E-state index in [9.17, 15) is 18.8 Å². The van der Waals surface area contributed by atoms with Gasteiger partial charge in [0.25, 0.3) is 5.91 Å². The lowest BCUT2D eigenvalue weighted by Crippen LogP contribution is -2.52. The van der Waals surface area contributed by atoms with Gasteiger partial charge in [-0.1, -0.05) is 0 Å². The minimum Gasteiger partial charge on any atom is -0.397 e. The van der Waals surface area contributed by atoms with Gasteiger partial charge in [-0.15, -0.1) is 0 Å². The first-order valence-corrected chi connectivity index (χ1v) is 7.99. The second-order valence-electron chi connectivity index (χ2n) is 6.45. The second-order valence-corrected chi connectivity index (χ2v) is 6.45. The summed E-state index contributed by atoms with van der Waals surface area (Å²) in [7, 11) is 0. The van der Waals surface area contributed by atoms with Gasteiger partial charge in [0.1, 0.15) is 17.4 Å². The zero-order valence-electron chi connectivity index (χ0n) is 13.2. The maximum absolute atomic E-state index is 14.3. The molecule has 130 valence electrons. The number of alkyl halides is 1. The van der Waals surface area contributed by atoms with Gasteiger partial charge in [0.15, 0.2) is 5.67 Å². The molecule has 2 heterocycles. The highest BCUT2D eigenvalue weighted by molar-refractivity contribution is 6.09. The Balaban J connectivity index is 1.65. The molecule has 0 spiro atoms. The maximum Gasteiger partial charge on any atom is 0.254 e. The summed E-state index contributed by atoms with van der Waals surface area (Å²) in [4.78, 5) is 42.6. The molecule has 1 aromatic carbocycles. The van der Waals surface area contributed by atoms with Crippen molar-refractivity contribution >= 4 is 34.4 Å². The van der Waals surface area contributed by atoms with Crippen LogP contribution in [0.15, 0.2) is 12.1 Å². The highest BCUT2D eigenvalue weighted by Gasteiger charge is 2.48. The molecule has 4 rings (SSSR count). The number of nitrogens with one attached hydrogen (secondary N) is 3. The summed E-state index contributed by atoms with van der Waals surface area (Å²) in [5, 5.41) is 4.77. The van der Waals surface area contributed by atoms with E-state index in [1.165, 1.54) is 12.1 Å². The number of aromatic amines is 1. The lowest BCUT2D eigenvalue weighted by atomic mass is 10.0. The number of halogens is 1. The standard InChI is InChI=1S/C16H16FN5O3/c17-16(5-6-16)15-21-11-7(1-2-8(18)12(11)22-15)13(24)19-9-3-4-10(23)20-14(9)25/h1-2,9H,3-6,18H2,(H,19,24)(H,21,22)(H,20,23,25). The third kappa shape index (κ3) is 2.61. The van der Waals surface area contributed by atoms with E-state index in [4.69, 9.17) is 5.73 Å². The zero-order valence-corrected chi connectivity index (χ0v) is 13.2. The first-order valence-electron chi connectivity index (χ1n) is 7.99. The molecule has 0 radical (unpaired) electrons. The monoisotopic (exact) mass is 345 g/mol. The third-order valence-corrected chi connectivity index (χ3v) is 4.58. The fraction of sp³-hybridized carbons (Fsp3) is 0.375. The smallest absolute Gasteiger partial charge is 0.254 e. The zero-order chi connectivity index (χ0) is 17.8. The number of H-pyrrole nitrogens is 1. The summed E-state index contributed by atoms with van der Waals surface area (Å²) < 4.78 is 14.3. The Morgan fingerprint density at radius 2 is 2.12 bits per heavy atom. The molecule has 1 aliphatic carbocycles. The highest BCUT2D eigenvalue weighted by atomic mass is 19.1. The number of nitrogens with two attached hydrogens (primary N) is 1. The molecule has 1 saturated carbocycles. The molecular formula is C16H16FN5O3. The predicted molar refractivity (Wildman–Crippen MR) is 86.2 cm³/mol. The number of nitrogens with zero attached hydrogens (tertiary/aromatic N) is 1. The van der Waals surface area contributed by atoms with Crippen LogP contribution in [0.2, 0.25) is 0 Å². The molecule has 2 fully saturated rings. The van der Waals surface area contributed by atoms with Crippen molar-refractivity contribution in [3.63, 3.8) is 0 Å². The Labute approximate surface area is 141 Å². The molecular weight excluding hydrogens is 329 g/mol. The van der Waals surface area contributed by atoms with Crippen LogP contribution < -0.4 is 16.4 Å². The molecule has 0 bridgehead atoms. The first-order chi connectivity index (χ1) is 11.9. The van der Waals surface area contributed by atoms with E-state index in [1.54, 1.807) is 0 Å².